The number of carboxylic acid groups (broad SMARTS) is 1. The predicted octanol–water partition coefficient (Wildman–Crippen LogP) is 11.8. The van der Waals surface area contributed by atoms with Crippen LogP contribution < -0.4 is 5.73 Å². The van der Waals surface area contributed by atoms with Gasteiger partial charge in [-0.1, -0.05) is 150 Å². The highest BCUT2D eigenvalue weighted by Gasteiger charge is 2.27. The summed E-state index contributed by atoms with van der Waals surface area (Å²) >= 11 is 0. The first-order chi connectivity index (χ1) is 27.7. The fourth-order valence-electron chi connectivity index (χ4n) is 5.08. The number of hydrogen-bond acceptors (Lipinski definition) is 8. The molecule has 324 valence electrons. The molecule has 0 aromatic rings. The second-order valence-corrected chi connectivity index (χ2v) is 15.2. The molecule has 11 heteroatoms. The highest BCUT2D eigenvalue weighted by Crippen LogP contribution is 2.43. The van der Waals surface area contributed by atoms with Crippen molar-refractivity contribution in [2.75, 3.05) is 26.4 Å². The first-order valence-electron chi connectivity index (χ1n) is 21.3. The molecule has 3 unspecified atom stereocenters. The molecular weight excluding hydrogens is 741 g/mol. The van der Waals surface area contributed by atoms with Gasteiger partial charge in [0.05, 0.1) is 26.4 Å². The summed E-state index contributed by atoms with van der Waals surface area (Å²) in [5.41, 5.74) is 5.34. The molecule has 10 nitrogen and oxygen atoms in total. The van der Waals surface area contributed by atoms with Gasteiger partial charge in [0, 0.05) is 6.42 Å². The number of ether oxygens (including phenoxy) is 2. The highest BCUT2D eigenvalue weighted by molar-refractivity contribution is 7.47. The minimum Gasteiger partial charge on any atom is -0.480 e. The van der Waals surface area contributed by atoms with Gasteiger partial charge in [-0.25, -0.2) is 4.57 Å². The van der Waals surface area contributed by atoms with Crippen molar-refractivity contribution >= 4 is 19.8 Å². The van der Waals surface area contributed by atoms with Crippen molar-refractivity contribution < 1.29 is 42.7 Å². The maximum Gasteiger partial charge on any atom is 0.472 e. The van der Waals surface area contributed by atoms with Gasteiger partial charge in [-0.05, 0) is 83.5 Å². The van der Waals surface area contributed by atoms with Gasteiger partial charge in [-0.2, -0.15) is 0 Å². The van der Waals surface area contributed by atoms with Crippen LogP contribution in [0.15, 0.2) is 97.2 Å². The summed E-state index contributed by atoms with van der Waals surface area (Å²) in [7, 11) is -4.65. The first-order valence-corrected chi connectivity index (χ1v) is 22.8. The Morgan fingerprint density at radius 2 is 1.02 bits per heavy atom. The lowest BCUT2D eigenvalue weighted by Crippen LogP contribution is -2.34. The molecule has 0 aliphatic rings. The van der Waals surface area contributed by atoms with Gasteiger partial charge in [0.2, 0.25) is 0 Å². The molecule has 0 aliphatic carbocycles. The molecule has 3 atom stereocenters. The topological polar surface area (TPSA) is 155 Å². The van der Waals surface area contributed by atoms with E-state index in [4.69, 9.17) is 29.4 Å². The van der Waals surface area contributed by atoms with Gasteiger partial charge in [-0.3, -0.25) is 18.6 Å². The van der Waals surface area contributed by atoms with E-state index < -0.39 is 45.1 Å². The van der Waals surface area contributed by atoms with Crippen molar-refractivity contribution in [3.63, 3.8) is 0 Å². The minimum absolute atomic E-state index is 0.0492. The van der Waals surface area contributed by atoms with Gasteiger partial charge >= 0.3 is 19.8 Å². The zero-order chi connectivity index (χ0) is 41.9. The Balaban J connectivity index is 4.41. The zero-order valence-corrected chi connectivity index (χ0v) is 36.0. The average Bonchev–Trinajstić information content (AvgIpc) is 3.19. The van der Waals surface area contributed by atoms with Crippen molar-refractivity contribution in [1.82, 2.24) is 0 Å². The summed E-state index contributed by atoms with van der Waals surface area (Å²) in [6.45, 7) is 3.47. The molecule has 0 radical (unpaired) electrons. The molecule has 0 aliphatic heterocycles. The van der Waals surface area contributed by atoms with Gasteiger partial charge in [0.15, 0.2) is 0 Å². The van der Waals surface area contributed by atoms with E-state index in [1.807, 2.05) is 12.2 Å². The molecule has 0 aromatic heterocycles. The Labute approximate surface area is 345 Å². The smallest absolute Gasteiger partial charge is 0.472 e. The molecule has 0 saturated carbocycles. The quantitative estimate of drug-likeness (QED) is 0.0236. The maximum absolute atomic E-state index is 12.6. The molecule has 0 heterocycles. The van der Waals surface area contributed by atoms with Crippen LogP contribution in [0, 0.1) is 0 Å². The number of nitrogens with two attached hydrogens (primary N) is 1. The van der Waals surface area contributed by atoms with E-state index in [-0.39, 0.29) is 13.0 Å². The number of carbonyl (C=O) groups excluding carboxylic acids is 1. The summed E-state index contributed by atoms with van der Waals surface area (Å²) in [5, 5.41) is 8.89. The number of rotatable bonds is 39. The van der Waals surface area contributed by atoms with Crippen LogP contribution >= 0.6 is 7.82 Å². The van der Waals surface area contributed by atoms with Crippen molar-refractivity contribution in [3.8, 4) is 0 Å². The Morgan fingerprint density at radius 1 is 0.579 bits per heavy atom. The van der Waals surface area contributed by atoms with E-state index in [2.05, 4.69) is 98.9 Å². The standard InChI is InChI=1S/C46H76NO9P/c1-3-5-7-9-11-13-15-17-19-21-22-23-24-26-28-30-32-34-36-38-45(48)56-43(41-54-57(51,52)55-42-44(47)46(49)50)40-53-39-37-35-33-31-29-27-25-20-18-16-14-12-10-8-6-4-2/h6,8,11-14,17-20,22-23,27,29,33,35,43-44H,3-5,7,9-10,15-16,21,24-26,28,30-32,34,36-42,47H2,1-2H3,(H,49,50)(H,51,52)/b8-6-,13-11-,14-12-,19-17-,20-18-,23-22-,29-27-,35-33-. The summed E-state index contributed by atoms with van der Waals surface area (Å²) in [4.78, 5) is 33.5. The van der Waals surface area contributed by atoms with E-state index in [1.54, 1.807) is 0 Å². The fraction of sp³-hybridized carbons (Fsp3) is 0.609. The molecule has 0 rings (SSSR count). The molecule has 0 amide bonds. The van der Waals surface area contributed by atoms with Gasteiger partial charge in [0.25, 0.3) is 0 Å². The normalized spacial score (nSPS) is 14.9. The minimum atomic E-state index is -4.65. The number of phosphoric ester groups is 1. The molecule has 0 bridgehead atoms. The Morgan fingerprint density at radius 3 is 1.53 bits per heavy atom. The van der Waals surface area contributed by atoms with Gasteiger partial charge in [0.1, 0.15) is 12.1 Å². The van der Waals surface area contributed by atoms with E-state index in [0.717, 1.165) is 83.5 Å². The van der Waals surface area contributed by atoms with Crippen LogP contribution in [-0.2, 0) is 32.7 Å². The van der Waals surface area contributed by atoms with Crippen molar-refractivity contribution in [2.24, 2.45) is 5.73 Å². The molecule has 0 spiro atoms. The largest absolute Gasteiger partial charge is 0.480 e. The van der Waals surface area contributed by atoms with Crippen LogP contribution in [0.25, 0.3) is 0 Å². The van der Waals surface area contributed by atoms with Crippen LogP contribution in [0.1, 0.15) is 142 Å². The number of esters is 1. The summed E-state index contributed by atoms with van der Waals surface area (Å²) in [6, 6.07) is -1.49. The third-order valence-corrected chi connectivity index (χ3v) is 9.32. The molecule has 0 fully saturated rings. The van der Waals surface area contributed by atoms with Crippen molar-refractivity contribution in [1.29, 1.82) is 0 Å². The number of carbonyl (C=O) groups is 2. The van der Waals surface area contributed by atoms with Crippen LogP contribution in [-0.4, -0.2) is 60.5 Å². The Bertz CT molecular complexity index is 1270. The van der Waals surface area contributed by atoms with Crippen LogP contribution in [0.4, 0.5) is 0 Å². The van der Waals surface area contributed by atoms with Crippen molar-refractivity contribution in [3.05, 3.63) is 97.2 Å². The molecule has 0 saturated heterocycles. The first kappa shape index (κ1) is 53.9. The second kappa shape index (κ2) is 41.1. The highest BCUT2D eigenvalue weighted by atomic mass is 31.2. The van der Waals surface area contributed by atoms with Crippen LogP contribution in [0.5, 0.6) is 0 Å². The summed E-state index contributed by atoms with van der Waals surface area (Å²) < 4.78 is 33.2. The molecular formula is C46H76NO9P. The summed E-state index contributed by atoms with van der Waals surface area (Å²) in [5.74, 6) is -1.83. The van der Waals surface area contributed by atoms with Crippen LogP contribution in [0.2, 0.25) is 0 Å². The number of hydrogen-bond donors (Lipinski definition) is 3. The SMILES string of the molecule is CC/C=C\C/C=C\C/C=C\C/C=C\C/C=C\CCOCC(COP(=O)(O)OCC(N)C(=O)O)OC(=O)CCCCCCCC/C=C\C/C=C\C/C=C\CCCCC. The fourth-order valence-corrected chi connectivity index (χ4v) is 5.86. The number of unbranched alkanes of at least 4 members (excludes halogenated alkanes) is 9. The van der Waals surface area contributed by atoms with Crippen LogP contribution in [0.3, 0.4) is 0 Å². The number of aliphatic carboxylic acids is 1. The molecule has 0 aromatic carbocycles. The third-order valence-electron chi connectivity index (χ3n) is 8.37. The zero-order valence-electron chi connectivity index (χ0n) is 35.1. The summed E-state index contributed by atoms with van der Waals surface area (Å²) in [6.07, 6.45) is 53.4. The van der Waals surface area contributed by atoms with Crippen molar-refractivity contribution in [2.45, 2.75) is 154 Å². The molecule has 57 heavy (non-hydrogen) atoms. The third kappa shape index (κ3) is 40.9. The van der Waals surface area contributed by atoms with Gasteiger partial charge in [-0.15, -0.1) is 0 Å². The maximum atomic E-state index is 12.6. The van der Waals surface area contributed by atoms with Gasteiger partial charge < -0.3 is 25.2 Å². The number of carboxylic acids is 1. The second-order valence-electron chi connectivity index (χ2n) is 13.7. The Kier molecular flexibility index (Phi) is 38.8. The average molecular weight is 818 g/mol. The number of phosphoric acid groups is 1. The Hall–Kier alpha value is -3.11. The number of allylic oxidation sites excluding steroid dienone is 15. The van der Waals surface area contributed by atoms with E-state index in [1.165, 1.54) is 25.7 Å². The lowest BCUT2D eigenvalue weighted by atomic mass is 10.1. The lowest BCUT2D eigenvalue weighted by molar-refractivity contribution is -0.154. The van der Waals surface area contributed by atoms with E-state index in [0.29, 0.717) is 19.4 Å². The lowest BCUT2D eigenvalue weighted by Gasteiger charge is -2.20. The monoisotopic (exact) mass is 818 g/mol. The van der Waals surface area contributed by atoms with E-state index in [9.17, 15) is 19.0 Å². The predicted molar refractivity (Wildman–Crippen MR) is 235 cm³/mol. The molecule has 4 N–H and O–H groups in total. The van der Waals surface area contributed by atoms with E-state index >= 15 is 0 Å².